The molecule has 2 unspecified atom stereocenters. The maximum absolute atomic E-state index is 13.7. The van der Waals surface area contributed by atoms with Gasteiger partial charge >= 0.3 is 0 Å². The zero-order valence-corrected chi connectivity index (χ0v) is 19.1. The molecule has 4 rings (SSSR count). The third kappa shape index (κ3) is 5.28. The van der Waals surface area contributed by atoms with Crippen molar-refractivity contribution in [1.82, 2.24) is 19.7 Å². The number of hydrogen-bond acceptors (Lipinski definition) is 5. The van der Waals surface area contributed by atoms with Gasteiger partial charge in [-0.15, -0.1) is 10.2 Å². The Morgan fingerprint density at radius 3 is 2.77 bits per heavy atom. The molecule has 0 amide bonds. The molecule has 1 heterocycles. The van der Waals surface area contributed by atoms with Gasteiger partial charge < -0.3 is 14.2 Å². The monoisotopic (exact) mass is 440 g/mol. The number of halogens is 1. The summed E-state index contributed by atoms with van der Waals surface area (Å²) in [4.78, 5) is 2.38. The summed E-state index contributed by atoms with van der Waals surface area (Å²) in [6, 6.07) is 15.0. The molecule has 0 aliphatic heterocycles. The topological polar surface area (TPSA) is 43.2 Å². The van der Waals surface area contributed by atoms with E-state index in [1.807, 2.05) is 25.2 Å². The quantitative estimate of drug-likeness (QED) is 0.333. The van der Waals surface area contributed by atoms with Gasteiger partial charge in [-0.25, -0.2) is 4.39 Å². The fraction of sp³-hybridized carbons (Fsp3) is 0.417. The van der Waals surface area contributed by atoms with Crippen LogP contribution < -0.4 is 4.74 Å². The number of methoxy groups -OCH3 is 1. The maximum Gasteiger partial charge on any atom is 0.191 e. The minimum Gasteiger partial charge on any atom is -0.496 e. The van der Waals surface area contributed by atoms with Crippen molar-refractivity contribution in [2.45, 2.75) is 23.9 Å². The molecular formula is C24H29FN4OS. The van der Waals surface area contributed by atoms with Crippen molar-refractivity contribution in [1.29, 1.82) is 0 Å². The van der Waals surface area contributed by atoms with Crippen molar-refractivity contribution in [3.8, 4) is 17.1 Å². The molecule has 2 aromatic carbocycles. The minimum atomic E-state index is -0.189. The van der Waals surface area contributed by atoms with E-state index < -0.39 is 0 Å². The van der Waals surface area contributed by atoms with Crippen molar-refractivity contribution in [3.05, 3.63) is 59.9 Å². The molecule has 5 nitrogen and oxygen atoms in total. The Hall–Kier alpha value is -2.38. The Kier molecular flexibility index (Phi) is 6.92. The van der Waals surface area contributed by atoms with Crippen LogP contribution in [0.4, 0.5) is 4.39 Å². The van der Waals surface area contributed by atoms with Gasteiger partial charge in [-0.3, -0.25) is 0 Å². The molecule has 3 aromatic rings. The van der Waals surface area contributed by atoms with E-state index in [1.54, 1.807) is 31.0 Å². The Bertz CT molecular complexity index is 1010. The summed E-state index contributed by atoms with van der Waals surface area (Å²) < 4.78 is 21.1. The van der Waals surface area contributed by atoms with Gasteiger partial charge in [-0.05, 0) is 56.5 Å². The molecule has 31 heavy (non-hydrogen) atoms. The van der Waals surface area contributed by atoms with Crippen LogP contribution in [0.25, 0.3) is 11.4 Å². The molecule has 1 fully saturated rings. The molecule has 0 bridgehead atoms. The summed E-state index contributed by atoms with van der Waals surface area (Å²) >= 11 is 1.75. The molecule has 0 radical (unpaired) electrons. The van der Waals surface area contributed by atoms with Crippen molar-refractivity contribution >= 4 is 11.8 Å². The Balaban J connectivity index is 1.21. The molecule has 1 saturated carbocycles. The first-order valence-electron chi connectivity index (χ1n) is 10.7. The number of hydrogen-bond donors (Lipinski definition) is 0. The Labute approximate surface area is 187 Å². The van der Waals surface area contributed by atoms with Crippen LogP contribution in [0, 0.1) is 11.7 Å². The van der Waals surface area contributed by atoms with Crippen LogP contribution in [-0.4, -0.2) is 52.7 Å². The third-order valence-corrected chi connectivity index (χ3v) is 6.95. The van der Waals surface area contributed by atoms with Gasteiger partial charge in [-0.2, -0.15) is 0 Å². The first kappa shape index (κ1) is 21.8. The predicted octanol–water partition coefficient (Wildman–Crippen LogP) is 4.85. The van der Waals surface area contributed by atoms with Crippen LogP contribution in [0.2, 0.25) is 0 Å². The van der Waals surface area contributed by atoms with Gasteiger partial charge in [0.25, 0.3) is 0 Å². The van der Waals surface area contributed by atoms with Crippen LogP contribution in [-0.2, 0) is 7.05 Å². The molecular weight excluding hydrogens is 411 g/mol. The van der Waals surface area contributed by atoms with Crippen molar-refractivity contribution in [2.24, 2.45) is 13.0 Å². The fourth-order valence-electron chi connectivity index (χ4n) is 4.09. The summed E-state index contributed by atoms with van der Waals surface area (Å²) in [7, 11) is 5.83. The number of ether oxygens (including phenoxy) is 1. The normalized spacial score (nSPS) is 17.8. The fourth-order valence-corrected chi connectivity index (χ4v) is 4.93. The zero-order valence-electron chi connectivity index (χ0n) is 18.3. The average Bonchev–Trinajstić information content (AvgIpc) is 3.44. The summed E-state index contributed by atoms with van der Waals surface area (Å²) in [5, 5.41) is 9.65. The number of thioether (sulfide) groups is 1. The molecule has 1 aliphatic carbocycles. The summed E-state index contributed by atoms with van der Waals surface area (Å²) in [6.07, 6.45) is 2.18. The van der Waals surface area contributed by atoms with Crippen molar-refractivity contribution in [2.75, 3.05) is 33.0 Å². The van der Waals surface area contributed by atoms with Gasteiger partial charge in [0.15, 0.2) is 11.0 Å². The molecule has 0 saturated heterocycles. The lowest BCUT2D eigenvalue weighted by Crippen LogP contribution is -2.23. The van der Waals surface area contributed by atoms with E-state index in [0.717, 1.165) is 59.5 Å². The van der Waals surface area contributed by atoms with Gasteiger partial charge in [0.1, 0.15) is 11.6 Å². The van der Waals surface area contributed by atoms with Crippen LogP contribution in [0.15, 0.2) is 53.7 Å². The number of rotatable bonds is 10. The van der Waals surface area contributed by atoms with Gasteiger partial charge in [0, 0.05) is 30.5 Å². The second-order valence-electron chi connectivity index (χ2n) is 8.18. The Morgan fingerprint density at radius 2 is 2.00 bits per heavy atom. The lowest BCUT2D eigenvalue weighted by atomic mass is 10.1. The van der Waals surface area contributed by atoms with Crippen LogP contribution >= 0.6 is 11.8 Å². The molecule has 0 N–H and O–H groups in total. The predicted molar refractivity (Wildman–Crippen MR) is 123 cm³/mol. The van der Waals surface area contributed by atoms with Crippen LogP contribution in [0.1, 0.15) is 24.3 Å². The highest BCUT2D eigenvalue weighted by Gasteiger charge is 2.40. The molecule has 164 valence electrons. The SMILES string of the molecule is COc1ccc(F)cc1C1CC1CN(C)CCCSc1nnc(-c2ccccc2)n1C. The molecule has 1 aliphatic rings. The number of benzene rings is 2. The average molecular weight is 441 g/mol. The van der Waals surface area contributed by atoms with Crippen molar-refractivity contribution in [3.63, 3.8) is 0 Å². The largest absolute Gasteiger partial charge is 0.496 e. The van der Waals surface area contributed by atoms with E-state index in [2.05, 4.69) is 38.8 Å². The summed E-state index contributed by atoms with van der Waals surface area (Å²) in [5.41, 5.74) is 2.09. The van der Waals surface area contributed by atoms with Crippen molar-refractivity contribution < 1.29 is 9.13 Å². The number of nitrogens with zero attached hydrogens (tertiary/aromatic N) is 4. The molecule has 0 spiro atoms. The standard InChI is InChI=1S/C24H29FN4OS/c1-28(16-18-14-20(18)21-15-19(25)10-11-22(21)30-3)12-7-13-31-24-27-26-23(29(24)2)17-8-5-4-6-9-17/h4-6,8-11,15,18,20H,7,12-14,16H2,1-3H3. The van der Waals surface area contributed by atoms with E-state index in [9.17, 15) is 4.39 Å². The molecule has 2 atom stereocenters. The first-order valence-corrected chi connectivity index (χ1v) is 11.6. The van der Waals surface area contributed by atoms with Gasteiger partial charge in [0.05, 0.1) is 7.11 Å². The van der Waals surface area contributed by atoms with E-state index >= 15 is 0 Å². The molecule has 7 heteroatoms. The minimum absolute atomic E-state index is 0.189. The van der Waals surface area contributed by atoms with E-state index in [1.165, 1.54) is 6.07 Å². The summed E-state index contributed by atoms with van der Waals surface area (Å²) in [5.74, 6) is 3.47. The van der Waals surface area contributed by atoms with Gasteiger partial charge in [-0.1, -0.05) is 42.1 Å². The van der Waals surface area contributed by atoms with Crippen LogP contribution in [0.5, 0.6) is 5.75 Å². The highest BCUT2D eigenvalue weighted by molar-refractivity contribution is 7.99. The second-order valence-corrected chi connectivity index (χ2v) is 9.25. The highest BCUT2D eigenvalue weighted by atomic mass is 32.2. The van der Waals surface area contributed by atoms with E-state index in [4.69, 9.17) is 4.74 Å². The van der Waals surface area contributed by atoms with E-state index in [0.29, 0.717) is 11.8 Å². The highest BCUT2D eigenvalue weighted by Crippen LogP contribution is 2.50. The first-order chi connectivity index (χ1) is 15.1. The Morgan fingerprint density at radius 1 is 1.19 bits per heavy atom. The van der Waals surface area contributed by atoms with E-state index in [-0.39, 0.29) is 5.82 Å². The smallest absolute Gasteiger partial charge is 0.191 e. The zero-order chi connectivity index (χ0) is 21.8. The number of aromatic nitrogens is 3. The van der Waals surface area contributed by atoms with Crippen LogP contribution in [0.3, 0.4) is 0 Å². The maximum atomic E-state index is 13.7. The lowest BCUT2D eigenvalue weighted by molar-refractivity contribution is 0.319. The lowest BCUT2D eigenvalue weighted by Gasteiger charge is -2.16. The molecule has 1 aromatic heterocycles. The second kappa shape index (κ2) is 9.83. The third-order valence-electron chi connectivity index (χ3n) is 5.84. The van der Waals surface area contributed by atoms with Gasteiger partial charge in [0.2, 0.25) is 0 Å². The summed E-state index contributed by atoms with van der Waals surface area (Å²) in [6.45, 7) is 2.05.